The zero-order chi connectivity index (χ0) is 21.5. The molecule has 0 aliphatic rings. The fourth-order valence-corrected chi connectivity index (χ4v) is 3.21. The van der Waals surface area contributed by atoms with Crippen molar-refractivity contribution in [3.63, 3.8) is 0 Å². The first-order chi connectivity index (χ1) is 14.5. The second-order valence-electron chi connectivity index (χ2n) is 6.52. The van der Waals surface area contributed by atoms with Crippen LogP contribution in [0.15, 0.2) is 30.3 Å². The van der Waals surface area contributed by atoms with Gasteiger partial charge in [0, 0.05) is 29.7 Å². The van der Waals surface area contributed by atoms with E-state index in [0.29, 0.717) is 34.0 Å². The summed E-state index contributed by atoms with van der Waals surface area (Å²) in [5, 5.41) is 15.6. The fourth-order valence-electron chi connectivity index (χ4n) is 2.77. The van der Waals surface area contributed by atoms with Crippen LogP contribution in [0.3, 0.4) is 0 Å². The number of methoxy groups -OCH3 is 1. The number of aryl methyl sites for hydroxylation is 1. The third kappa shape index (κ3) is 5.31. The summed E-state index contributed by atoms with van der Waals surface area (Å²) in [4.78, 5) is 0. The molecule has 0 aliphatic heterocycles. The molecule has 10 heteroatoms. The van der Waals surface area contributed by atoms with E-state index in [1.165, 1.54) is 13.2 Å². The Bertz CT molecular complexity index is 979. The minimum absolute atomic E-state index is 0.0536. The van der Waals surface area contributed by atoms with Crippen molar-refractivity contribution >= 4 is 29.2 Å². The average molecular weight is 454 g/mol. The molecule has 0 atom stereocenters. The Morgan fingerprint density at radius 1 is 1.17 bits per heavy atom. The molecule has 1 N–H and O–H groups in total. The van der Waals surface area contributed by atoms with E-state index < -0.39 is 5.82 Å². The molecule has 0 fully saturated rings. The van der Waals surface area contributed by atoms with E-state index in [2.05, 4.69) is 27.8 Å². The van der Waals surface area contributed by atoms with E-state index in [1.54, 1.807) is 28.9 Å². The van der Waals surface area contributed by atoms with Crippen molar-refractivity contribution < 1.29 is 13.9 Å². The number of nitrogens with one attached hydrogen (secondary N) is 1. The Kier molecular flexibility index (Phi) is 7.70. The normalized spacial score (nSPS) is 10.8. The number of benzene rings is 2. The highest BCUT2D eigenvalue weighted by Gasteiger charge is 2.14. The van der Waals surface area contributed by atoms with Crippen molar-refractivity contribution in [1.82, 2.24) is 20.2 Å². The lowest BCUT2D eigenvalue weighted by Gasteiger charge is -2.15. The number of unbranched alkanes of at least 4 members (excludes halogenated alkanes) is 1. The minimum atomic E-state index is -0.436. The van der Waals surface area contributed by atoms with Gasteiger partial charge < -0.3 is 14.8 Å². The van der Waals surface area contributed by atoms with Crippen LogP contribution >= 0.6 is 23.2 Å². The van der Waals surface area contributed by atoms with Gasteiger partial charge in [-0.15, -0.1) is 0 Å². The molecular weight excluding hydrogens is 432 g/mol. The van der Waals surface area contributed by atoms with Crippen molar-refractivity contribution in [3.05, 3.63) is 57.3 Å². The molecule has 1 aromatic heterocycles. The van der Waals surface area contributed by atoms with Crippen LogP contribution in [0.25, 0.3) is 0 Å². The monoisotopic (exact) mass is 453 g/mol. The number of tetrazole rings is 1. The largest absolute Gasteiger partial charge is 0.493 e. The Hall–Kier alpha value is -2.58. The summed E-state index contributed by atoms with van der Waals surface area (Å²) in [5.74, 6) is 0.981. The second-order valence-corrected chi connectivity index (χ2v) is 7.33. The van der Waals surface area contributed by atoms with E-state index in [1.807, 2.05) is 0 Å². The number of ether oxygens (including phenoxy) is 2. The molecule has 0 amide bonds. The molecule has 7 nitrogen and oxygen atoms in total. The van der Waals surface area contributed by atoms with Crippen molar-refractivity contribution in [2.75, 3.05) is 12.4 Å². The van der Waals surface area contributed by atoms with Crippen molar-refractivity contribution in [3.8, 4) is 11.5 Å². The summed E-state index contributed by atoms with van der Waals surface area (Å²) in [5.41, 5.74) is 1.04. The molecule has 160 valence electrons. The molecule has 0 aliphatic carbocycles. The molecule has 30 heavy (non-hydrogen) atoms. The van der Waals surface area contributed by atoms with Gasteiger partial charge in [0.25, 0.3) is 0 Å². The average Bonchev–Trinajstić information content (AvgIpc) is 3.18. The summed E-state index contributed by atoms with van der Waals surface area (Å²) in [6.45, 7) is 3.17. The number of hydrogen-bond donors (Lipinski definition) is 1. The number of rotatable bonds is 10. The zero-order valence-electron chi connectivity index (χ0n) is 16.7. The highest BCUT2D eigenvalue weighted by molar-refractivity contribution is 6.31. The van der Waals surface area contributed by atoms with Crippen LogP contribution < -0.4 is 14.8 Å². The number of anilines is 1. The Labute approximate surface area is 184 Å². The van der Waals surface area contributed by atoms with Gasteiger partial charge in [0.1, 0.15) is 12.4 Å². The van der Waals surface area contributed by atoms with Crippen LogP contribution in [0.2, 0.25) is 10.0 Å². The maximum Gasteiger partial charge on any atom is 0.243 e. The molecule has 0 radical (unpaired) electrons. The van der Waals surface area contributed by atoms with Crippen LogP contribution in [0.5, 0.6) is 11.5 Å². The predicted molar refractivity (Wildman–Crippen MR) is 114 cm³/mol. The first-order valence-corrected chi connectivity index (χ1v) is 10.2. The van der Waals surface area contributed by atoms with Crippen LogP contribution in [0.4, 0.5) is 10.3 Å². The van der Waals surface area contributed by atoms with Crippen molar-refractivity contribution in [2.45, 2.75) is 39.5 Å². The molecule has 3 rings (SSSR count). The zero-order valence-corrected chi connectivity index (χ0v) is 18.2. The quantitative estimate of drug-likeness (QED) is 0.459. The topological polar surface area (TPSA) is 74.1 Å². The van der Waals surface area contributed by atoms with E-state index in [-0.39, 0.29) is 12.2 Å². The second kappa shape index (κ2) is 10.4. The molecule has 0 saturated carbocycles. The van der Waals surface area contributed by atoms with Crippen LogP contribution in [-0.2, 0) is 19.7 Å². The molecular formula is C20H22Cl2FN5O2. The van der Waals surface area contributed by atoms with Gasteiger partial charge in [-0.25, -0.2) is 9.07 Å². The number of halogens is 3. The summed E-state index contributed by atoms with van der Waals surface area (Å²) in [6.07, 6.45) is 2.02. The third-order valence-corrected chi connectivity index (χ3v) is 5.16. The van der Waals surface area contributed by atoms with Gasteiger partial charge in [-0.05, 0) is 40.6 Å². The standard InChI is InChI=1S/C20H22Cl2FN5O2/c1-3-4-8-28-20(25-26-27-28)24-11-13-9-18(29-2)19(10-16(13)22)30-12-14-15(21)6-5-7-17(14)23/h5-7,9-10H,3-4,8,11-12H2,1-2H3,(H,24,25,27). The van der Waals surface area contributed by atoms with Crippen LogP contribution in [-0.4, -0.2) is 27.3 Å². The van der Waals surface area contributed by atoms with Gasteiger partial charge in [0.05, 0.1) is 12.1 Å². The molecule has 1 heterocycles. The van der Waals surface area contributed by atoms with E-state index >= 15 is 0 Å². The molecule has 2 aromatic carbocycles. The van der Waals surface area contributed by atoms with Crippen molar-refractivity contribution in [1.29, 1.82) is 0 Å². The Morgan fingerprint density at radius 3 is 2.73 bits per heavy atom. The third-order valence-electron chi connectivity index (χ3n) is 4.46. The highest BCUT2D eigenvalue weighted by Crippen LogP contribution is 2.35. The molecule has 0 unspecified atom stereocenters. The lowest BCUT2D eigenvalue weighted by atomic mass is 10.2. The Morgan fingerprint density at radius 2 is 2.00 bits per heavy atom. The highest BCUT2D eigenvalue weighted by atomic mass is 35.5. The fraction of sp³-hybridized carbons (Fsp3) is 0.350. The summed E-state index contributed by atoms with van der Waals surface area (Å²) < 4.78 is 26.8. The number of aromatic nitrogens is 4. The van der Waals surface area contributed by atoms with E-state index in [9.17, 15) is 4.39 Å². The Balaban J connectivity index is 1.72. The van der Waals surface area contributed by atoms with Gasteiger partial charge in [-0.3, -0.25) is 0 Å². The predicted octanol–water partition coefficient (Wildman–Crippen LogP) is 5.12. The summed E-state index contributed by atoms with van der Waals surface area (Å²) >= 11 is 12.5. The molecule has 0 spiro atoms. The molecule has 0 saturated heterocycles. The SMILES string of the molecule is CCCCn1nnnc1NCc1cc(OC)c(OCc2c(F)cccc2Cl)cc1Cl. The van der Waals surface area contributed by atoms with Gasteiger partial charge in [-0.2, -0.15) is 0 Å². The van der Waals surface area contributed by atoms with Gasteiger partial charge in [0.15, 0.2) is 11.5 Å². The van der Waals surface area contributed by atoms with Gasteiger partial charge in [-0.1, -0.05) is 47.7 Å². The van der Waals surface area contributed by atoms with E-state index in [4.69, 9.17) is 32.7 Å². The van der Waals surface area contributed by atoms with Gasteiger partial charge in [0.2, 0.25) is 5.95 Å². The van der Waals surface area contributed by atoms with Gasteiger partial charge >= 0.3 is 0 Å². The van der Waals surface area contributed by atoms with E-state index in [0.717, 1.165) is 24.9 Å². The number of hydrogen-bond acceptors (Lipinski definition) is 6. The van der Waals surface area contributed by atoms with Crippen LogP contribution in [0.1, 0.15) is 30.9 Å². The maximum atomic E-state index is 14.0. The van der Waals surface area contributed by atoms with Crippen molar-refractivity contribution in [2.24, 2.45) is 0 Å². The lowest BCUT2D eigenvalue weighted by molar-refractivity contribution is 0.279. The maximum absolute atomic E-state index is 14.0. The first kappa shape index (κ1) is 22.1. The number of nitrogens with zero attached hydrogens (tertiary/aromatic N) is 4. The smallest absolute Gasteiger partial charge is 0.243 e. The lowest BCUT2D eigenvalue weighted by Crippen LogP contribution is -2.09. The first-order valence-electron chi connectivity index (χ1n) is 9.45. The minimum Gasteiger partial charge on any atom is -0.493 e. The summed E-state index contributed by atoms with van der Waals surface area (Å²) in [7, 11) is 1.52. The molecule has 3 aromatic rings. The van der Waals surface area contributed by atoms with Crippen LogP contribution in [0, 0.1) is 5.82 Å². The molecule has 0 bridgehead atoms. The summed E-state index contributed by atoms with van der Waals surface area (Å²) in [6, 6.07) is 7.87.